The van der Waals surface area contributed by atoms with Gasteiger partial charge in [-0.15, -0.1) is 0 Å². The number of carbonyl (C=O) groups is 1. The average Bonchev–Trinajstić information content (AvgIpc) is 3.31. The van der Waals surface area contributed by atoms with E-state index in [1.807, 2.05) is 6.07 Å². The molecule has 1 heterocycles. The summed E-state index contributed by atoms with van der Waals surface area (Å²) in [6.45, 7) is 2.76. The molecule has 0 radical (unpaired) electrons. The van der Waals surface area contributed by atoms with Gasteiger partial charge in [0, 0.05) is 18.5 Å². The Morgan fingerprint density at radius 1 is 1.11 bits per heavy atom. The summed E-state index contributed by atoms with van der Waals surface area (Å²) in [7, 11) is 0. The van der Waals surface area contributed by atoms with Crippen LogP contribution in [0, 0.1) is 5.92 Å². The highest BCUT2D eigenvalue weighted by atomic mass is 16.2. The van der Waals surface area contributed by atoms with Crippen LogP contribution in [-0.4, -0.2) is 29.9 Å². The highest BCUT2D eigenvalue weighted by Gasteiger charge is 2.35. The monoisotopic (exact) mass is 258 g/mol. The SMILES string of the molecule is O=C(C1CCNCC1)N(Cc1ccccc1)C1CC1. The van der Waals surface area contributed by atoms with E-state index < -0.39 is 0 Å². The standard InChI is InChI=1S/C16H22N2O/c19-16(14-8-10-17-11-9-14)18(15-6-7-15)12-13-4-2-1-3-5-13/h1-5,14-15,17H,6-12H2. The van der Waals surface area contributed by atoms with Crippen molar-refractivity contribution in [3.05, 3.63) is 35.9 Å². The van der Waals surface area contributed by atoms with Crippen LogP contribution in [-0.2, 0) is 11.3 Å². The molecule has 1 saturated heterocycles. The first-order valence-electron chi connectivity index (χ1n) is 7.40. The summed E-state index contributed by atoms with van der Waals surface area (Å²) in [4.78, 5) is 14.8. The van der Waals surface area contributed by atoms with E-state index in [4.69, 9.17) is 0 Å². The maximum atomic E-state index is 12.7. The normalized spacial score (nSPS) is 20.2. The van der Waals surface area contributed by atoms with Gasteiger partial charge in [-0.25, -0.2) is 0 Å². The Labute approximate surface area is 115 Å². The van der Waals surface area contributed by atoms with Crippen molar-refractivity contribution in [1.29, 1.82) is 0 Å². The second kappa shape index (κ2) is 5.74. The van der Waals surface area contributed by atoms with Crippen molar-refractivity contribution in [2.24, 2.45) is 5.92 Å². The molecule has 1 aromatic rings. The minimum atomic E-state index is 0.241. The summed E-state index contributed by atoms with van der Waals surface area (Å²) in [6.07, 6.45) is 4.36. The molecule has 1 aromatic carbocycles. The summed E-state index contributed by atoms with van der Waals surface area (Å²) >= 11 is 0. The molecule has 0 unspecified atom stereocenters. The van der Waals surface area contributed by atoms with E-state index in [2.05, 4.69) is 34.5 Å². The molecule has 102 valence electrons. The molecule has 0 atom stereocenters. The summed E-state index contributed by atoms with van der Waals surface area (Å²) < 4.78 is 0. The Morgan fingerprint density at radius 2 is 1.79 bits per heavy atom. The maximum Gasteiger partial charge on any atom is 0.226 e. The van der Waals surface area contributed by atoms with Crippen molar-refractivity contribution in [1.82, 2.24) is 10.2 Å². The molecular weight excluding hydrogens is 236 g/mol. The summed E-state index contributed by atoms with van der Waals surface area (Å²) in [5.74, 6) is 0.624. The Kier molecular flexibility index (Phi) is 3.83. The van der Waals surface area contributed by atoms with Crippen LogP contribution in [0.5, 0.6) is 0 Å². The van der Waals surface area contributed by atoms with Gasteiger partial charge in [0.2, 0.25) is 5.91 Å². The van der Waals surface area contributed by atoms with Crippen LogP contribution < -0.4 is 5.32 Å². The van der Waals surface area contributed by atoms with Crippen molar-refractivity contribution < 1.29 is 4.79 Å². The van der Waals surface area contributed by atoms with Crippen LogP contribution in [0.2, 0.25) is 0 Å². The van der Waals surface area contributed by atoms with Crippen molar-refractivity contribution in [2.75, 3.05) is 13.1 Å². The highest BCUT2D eigenvalue weighted by Crippen LogP contribution is 2.31. The molecular formula is C16H22N2O. The quantitative estimate of drug-likeness (QED) is 0.897. The number of piperidine rings is 1. The number of nitrogens with zero attached hydrogens (tertiary/aromatic N) is 1. The van der Waals surface area contributed by atoms with Gasteiger partial charge in [-0.2, -0.15) is 0 Å². The molecule has 3 heteroatoms. The zero-order chi connectivity index (χ0) is 13.1. The maximum absolute atomic E-state index is 12.7. The van der Waals surface area contributed by atoms with Crippen LogP contribution in [0.15, 0.2) is 30.3 Å². The number of rotatable bonds is 4. The lowest BCUT2D eigenvalue weighted by atomic mass is 9.96. The van der Waals surface area contributed by atoms with Crippen molar-refractivity contribution in [3.8, 4) is 0 Å². The predicted octanol–water partition coefficient (Wildman–Crippen LogP) is 2.18. The van der Waals surface area contributed by atoms with E-state index in [9.17, 15) is 4.79 Å². The molecule has 1 amide bonds. The largest absolute Gasteiger partial charge is 0.335 e. The minimum absolute atomic E-state index is 0.241. The first-order chi connectivity index (χ1) is 9.34. The number of benzene rings is 1. The second-order valence-electron chi connectivity index (χ2n) is 5.71. The number of hydrogen-bond donors (Lipinski definition) is 1. The fourth-order valence-corrected chi connectivity index (χ4v) is 2.86. The molecule has 1 N–H and O–H groups in total. The molecule has 0 bridgehead atoms. The Morgan fingerprint density at radius 3 is 2.42 bits per heavy atom. The fraction of sp³-hybridized carbons (Fsp3) is 0.562. The Bertz CT molecular complexity index is 422. The third-order valence-corrected chi connectivity index (χ3v) is 4.15. The van der Waals surface area contributed by atoms with Crippen LogP contribution in [0.4, 0.5) is 0 Å². The lowest BCUT2D eigenvalue weighted by Gasteiger charge is -2.30. The van der Waals surface area contributed by atoms with Crippen LogP contribution >= 0.6 is 0 Å². The Balaban J connectivity index is 1.68. The van der Waals surface area contributed by atoms with E-state index in [0.717, 1.165) is 32.5 Å². The highest BCUT2D eigenvalue weighted by molar-refractivity contribution is 5.79. The molecule has 0 spiro atoms. The van der Waals surface area contributed by atoms with Gasteiger partial charge in [-0.05, 0) is 44.3 Å². The molecule has 0 aromatic heterocycles. The van der Waals surface area contributed by atoms with Crippen LogP contribution in [0.25, 0.3) is 0 Å². The lowest BCUT2D eigenvalue weighted by Crippen LogP contribution is -2.41. The first-order valence-corrected chi connectivity index (χ1v) is 7.40. The molecule has 3 nitrogen and oxygen atoms in total. The van der Waals surface area contributed by atoms with E-state index >= 15 is 0 Å². The molecule has 19 heavy (non-hydrogen) atoms. The topological polar surface area (TPSA) is 32.3 Å². The summed E-state index contributed by atoms with van der Waals surface area (Å²) in [5.41, 5.74) is 1.25. The zero-order valence-electron chi connectivity index (χ0n) is 11.3. The number of hydrogen-bond acceptors (Lipinski definition) is 2. The van der Waals surface area contributed by atoms with Gasteiger partial charge in [0.1, 0.15) is 0 Å². The van der Waals surface area contributed by atoms with Crippen LogP contribution in [0.1, 0.15) is 31.2 Å². The third kappa shape index (κ3) is 3.16. The molecule has 2 fully saturated rings. The van der Waals surface area contributed by atoms with Crippen LogP contribution in [0.3, 0.4) is 0 Å². The van der Waals surface area contributed by atoms with Gasteiger partial charge in [0.25, 0.3) is 0 Å². The average molecular weight is 258 g/mol. The third-order valence-electron chi connectivity index (χ3n) is 4.15. The van der Waals surface area contributed by atoms with Crippen molar-refractivity contribution in [2.45, 2.75) is 38.3 Å². The zero-order valence-corrected chi connectivity index (χ0v) is 11.3. The van der Waals surface area contributed by atoms with E-state index in [1.165, 1.54) is 18.4 Å². The minimum Gasteiger partial charge on any atom is -0.335 e. The van der Waals surface area contributed by atoms with Gasteiger partial charge in [0.05, 0.1) is 0 Å². The Hall–Kier alpha value is -1.35. The lowest BCUT2D eigenvalue weighted by molar-refractivity contribution is -0.137. The van der Waals surface area contributed by atoms with E-state index in [-0.39, 0.29) is 5.92 Å². The second-order valence-corrected chi connectivity index (χ2v) is 5.71. The van der Waals surface area contributed by atoms with Crippen molar-refractivity contribution in [3.63, 3.8) is 0 Å². The first kappa shape index (κ1) is 12.7. The fourth-order valence-electron chi connectivity index (χ4n) is 2.86. The van der Waals surface area contributed by atoms with Gasteiger partial charge in [-0.1, -0.05) is 30.3 Å². The molecule has 1 aliphatic heterocycles. The number of carbonyl (C=O) groups excluding carboxylic acids is 1. The van der Waals surface area contributed by atoms with Gasteiger partial charge < -0.3 is 10.2 Å². The number of nitrogens with one attached hydrogen (secondary N) is 1. The molecule has 3 rings (SSSR count). The molecule has 1 saturated carbocycles. The molecule has 2 aliphatic rings. The summed E-state index contributed by atoms with van der Waals surface area (Å²) in [6, 6.07) is 10.9. The summed E-state index contributed by atoms with van der Waals surface area (Å²) in [5, 5.41) is 3.33. The van der Waals surface area contributed by atoms with Crippen molar-refractivity contribution >= 4 is 5.91 Å². The van der Waals surface area contributed by atoms with Gasteiger partial charge in [0.15, 0.2) is 0 Å². The van der Waals surface area contributed by atoms with E-state index in [1.54, 1.807) is 0 Å². The number of amides is 1. The smallest absolute Gasteiger partial charge is 0.226 e. The van der Waals surface area contributed by atoms with Gasteiger partial charge >= 0.3 is 0 Å². The van der Waals surface area contributed by atoms with Gasteiger partial charge in [-0.3, -0.25) is 4.79 Å². The molecule has 1 aliphatic carbocycles. The van der Waals surface area contributed by atoms with E-state index in [0.29, 0.717) is 11.9 Å². The predicted molar refractivity (Wildman–Crippen MR) is 75.6 cm³/mol.